The number of nitrogens with zero attached hydrogens (tertiary/aromatic N) is 1. The first-order chi connectivity index (χ1) is 11.4. The van der Waals surface area contributed by atoms with E-state index in [2.05, 4.69) is 26.1 Å². The molecule has 1 aliphatic rings. The van der Waals surface area contributed by atoms with Crippen LogP contribution in [0.3, 0.4) is 0 Å². The van der Waals surface area contributed by atoms with E-state index in [-0.39, 0.29) is 11.9 Å². The number of guanidine groups is 1. The molecule has 1 aromatic rings. The highest BCUT2D eigenvalue weighted by molar-refractivity contribution is 6.07. The molecule has 0 saturated carbocycles. The van der Waals surface area contributed by atoms with Crippen molar-refractivity contribution in [3.63, 3.8) is 0 Å². The average Bonchev–Trinajstić information content (AvgIpc) is 2.70. The first-order valence-electron chi connectivity index (χ1n) is 8.76. The lowest BCUT2D eigenvalue weighted by Gasteiger charge is -2.24. The molecule has 132 valence electrons. The second kappa shape index (κ2) is 7.69. The highest BCUT2D eigenvalue weighted by atomic mass is 16.5. The lowest BCUT2D eigenvalue weighted by Crippen LogP contribution is -2.44. The number of nitrogens with one attached hydrogen (secondary N) is 2. The molecule has 0 aromatic heterocycles. The molecule has 0 aliphatic carbocycles. The van der Waals surface area contributed by atoms with Gasteiger partial charge in [-0.3, -0.25) is 15.1 Å². The van der Waals surface area contributed by atoms with Crippen LogP contribution in [0.2, 0.25) is 0 Å². The summed E-state index contributed by atoms with van der Waals surface area (Å²) in [5, 5.41) is 11.2. The standard InChI is InChI=1S/C19H29N3O2/c1-5-6-10-24-16-9-7-8-15(11-16)13-22-17(23)19(4,12-14(2)3)21-18(22)20/h7-9,11,14H,5-6,10,12-13H2,1-4H3,(H2,20,21). The van der Waals surface area contributed by atoms with E-state index in [9.17, 15) is 4.79 Å². The van der Waals surface area contributed by atoms with Crippen molar-refractivity contribution in [1.29, 1.82) is 5.41 Å². The third kappa shape index (κ3) is 4.28. The van der Waals surface area contributed by atoms with Gasteiger partial charge in [0.05, 0.1) is 13.2 Å². The van der Waals surface area contributed by atoms with Gasteiger partial charge in [-0.25, -0.2) is 0 Å². The Morgan fingerprint density at radius 1 is 1.38 bits per heavy atom. The number of unbranched alkanes of at least 4 members (excludes halogenated alkanes) is 1. The molecule has 2 rings (SSSR count). The van der Waals surface area contributed by atoms with Gasteiger partial charge in [-0.1, -0.05) is 39.3 Å². The zero-order valence-corrected chi connectivity index (χ0v) is 15.2. The number of amides is 1. The minimum atomic E-state index is -0.680. The summed E-state index contributed by atoms with van der Waals surface area (Å²) in [5.41, 5.74) is 0.290. The van der Waals surface area contributed by atoms with Crippen molar-refractivity contribution in [2.24, 2.45) is 5.92 Å². The molecule has 1 saturated heterocycles. The van der Waals surface area contributed by atoms with Crippen LogP contribution in [0.15, 0.2) is 24.3 Å². The van der Waals surface area contributed by atoms with Gasteiger partial charge in [0.2, 0.25) is 0 Å². The van der Waals surface area contributed by atoms with E-state index < -0.39 is 5.54 Å². The van der Waals surface area contributed by atoms with Gasteiger partial charge in [0, 0.05) is 0 Å². The first-order valence-corrected chi connectivity index (χ1v) is 8.76. The van der Waals surface area contributed by atoms with Crippen LogP contribution in [0, 0.1) is 11.3 Å². The zero-order chi connectivity index (χ0) is 17.7. The van der Waals surface area contributed by atoms with Crippen molar-refractivity contribution in [3.8, 4) is 5.75 Å². The summed E-state index contributed by atoms with van der Waals surface area (Å²) in [6, 6.07) is 7.78. The Bertz CT molecular complexity index is 600. The van der Waals surface area contributed by atoms with Crippen LogP contribution in [0.5, 0.6) is 5.75 Å². The minimum absolute atomic E-state index is 0.0292. The fourth-order valence-corrected chi connectivity index (χ4v) is 3.14. The summed E-state index contributed by atoms with van der Waals surface area (Å²) in [6.45, 7) is 9.28. The lowest BCUT2D eigenvalue weighted by molar-refractivity contribution is -0.131. The molecule has 1 heterocycles. The van der Waals surface area contributed by atoms with Gasteiger partial charge in [0.15, 0.2) is 5.96 Å². The summed E-state index contributed by atoms with van der Waals surface area (Å²) in [5.74, 6) is 1.35. The summed E-state index contributed by atoms with van der Waals surface area (Å²) < 4.78 is 5.73. The molecular weight excluding hydrogens is 302 g/mol. The topological polar surface area (TPSA) is 65.4 Å². The second-order valence-electron chi connectivity index (χ2n) is 7.14. The van der Waals surface area contributed by atoms with Crippen molar-refractivity contribution >= 4 is 11.9 Å². The molecule has 1 amide bonds. The number of hydrogen-bond acceptors (Lipinski definition) is 3. The molecule has 1 aliphatic heterocycles. The first kappa shape index (κ1) is 18.3. The molecule has 1 unspecified atom stereocenters. The highest BCUT2D eigenvalue weighted by Gasteiger charge is 2.45. The van der Waals surface area contributed by atoms with Gasteiger partial charge < -0.3 is 10.1 Å². The molecule has 1 aromatic carbocycles. The summed E-state index contributed by atoms with van der Waals surface area (Å²) in [6.07, 6.45) is 2.83. The summed E-state index contributed by atoms with van der Waals surface area (Å²) in [4.78, 5) is 14.3. The Morgan fingerprint density at radius 3 is 2.79 bits per heavy atom. The smallest absolute Gasteiger partial charge is 0.255 e. The molecule has 0 bridgehead atoms. The molecule has 24 heavy (non-hydrogen) atoms. The van der Waals surface area contributed by atoms with Gasteiger partial charge in [-0.2, -0.15) is 0 Å². The maximum atomic E-state index is 12.8. The van der Waals surface area contributed by atoms with Crippen LogP contribution in [0.4, 0.5) is 0 Å². The monoisotopic (exact) mass is 331 g/mol. The van der Waals surface area contributed by atoms with Crippen molar-refractivity contribution in [3.05, 3.63) is 29.8 Å². The van der Waals surface area contributed by atoms with Crippen molar-refractivity contribution in [2.75, 3.05) is 6.61 Å². The van der Waals surface area contributed by atoms with E-state index in [1.54, 1.807) is 0 Å². The number of carbonyl (C=O) groups excluding carboxylic acids is 1. The van der Waals surface area contributed by atoms with Gasteiger partial charge in [-0.15, -0.1) is 0 Å². The van der Waals surface area contributed by atoms with Gasteiger partial charge in [0.25, 0.3) is 5.91 Å². The fraction of sp³-hybridized carbons (Fsp3) is 0.579. The van der Waals surface area contributed by atoms with E-state index >= 15 is 0 Å². The summed E-state index contributed by atoms with van der Waals surface area (Å²) >= 11 is 0. The molecule has 2 N–H and O–H groups in total. The van der Waals surface area contributed by atoms with E-state index in [0.29, 0.717) is 25.5 Å². The predicted octanol–water partition coefficient (Wildman–Crippen LogP) is 3.54. The third-order valence-corrected chi connectivity index (χ3v) is 4.20. The Labute approximate surface area is 144 Å². The van der Waals surface area contributed by atoms with Crippen molar-refractivity contribution in [1.82, 2.24) is 10.2 Å². The number of benzene rings is 1. The number of rotatable bonds is 8. The maximum absolute atomic E-state index is 12.8. The van der Waals surface area contributed by atoms with E-state index in [0.717, 1.165) is 24.2 Å². The zero-order valence-electron chi connectivity index (χ0n) is 15.2. The highest BCUT2D eigenvalue weighted by Crippen LogP contribution is 2.26. The predicted molar refractivity (Wildman–Crippen MR) is 96.1 cm³/mol. The Morgan fingerprint density at radius 2 is 2.12 bits per heavy atom. The van der Waals surface area contributed by atoms with Crippen molar-refractivity contribution < 1.29 is 9.53 Å². The normalized spacial score (nSPS) is 20.6. The van der Waals surface area contributed by atoms with E-state index in [1.807, 2.05) is 31.2 Å². The van der Waals surface area contributed by atoms with E-state index in [1.165, 1.54) is 4.90 Å². The molecule has 1 fully saturated rings. The molecule has 1 atom stereocenters. The maximum Gasteiger partial charge on any atom is 0.255 e. The largest absolute Gasteiger partial charge is 0.494 e. The Balaban J connectivity index is 2.06. The second-order valence-corrected chi connectivity index (χ2v) is 7.14. The van der Waals surface area contributed by atoms with Crippen LogP contribution >= 0.6 is 0 Å². The SMILES string of the molecule is CCCCOc1cccc(CN2C(=N)NC(C)(CC(C)C)C2=O)c1. The van der Waals surface area contributed by atoms with E-state index in [4.69, 9.17) is 10.1 Å². The minimum Gasteiger partial charge on any atom is -0.494 e. The Hall–Kier alpha value is -2.04. The number of ether oxygens (including phenoxy) is 1. The average molecular weight is 331 g/mol. The third-order valence-electron chi connectivity index (χ3n) is 4.20. The van der Waals surface area contributed by atoms with Crippen LogP contribution in [-0.4, -0.2) is 28.9 Å². The van der Waals surface area contributed by atoms with Gasteiger partial charge in [-0.05, 0) is 43.4 Å². The van der Waals surface area contributed by atoms with Crippen LogP contribution in [-0.2, 0) is 11.3 Å². The molecule has 0 radical (unpaired) electrons. The van der Waals surface area contributed by atoms with Crippen molar-refractivity contribution in [2.45, 2.75) is 59.0 Å². The lowest BCUT2D eigenvalue weighted by atomic mass is 9.91. The van der Waals surface area contributed by atoms with Crippen LogP contribution < -0.4 is 10.1 Å². The quantitative estimate of drug-likeness (QED) is 0.716. The van der Waals surface area contributed by atoms with Gasteiger partial charge >= 0.3 is 0 Å². The molecule has 0 spiro atoms. The van der Waals surface area contributed by atoms with Crippen LogP contribution in [0.25, 0.3) is 0 Å². The fourth-order valence-electron chi connectivity index (χ4n) is 3.14. The van der Waals surface area contributed by atoms with Gasteiger partial charge in [0.1, 0.15) is 11.3 Å². The summed E-state index contributed by atoms with van der Waals surface area (Å²) in [7, 11) is 0. The Kier molecular flexibility index (Phi) is 5.86. The number of carbonyl (C=O) groups is 1. The molecule has 5 nitrogen and oxygen atoms in total. The molecule has 5 heteroatoms. The van der Waals surface area contributed by atoms with Crippen LogP contribution in [0.1, 0.15) is 52.5 Å². The number of hydrogen-bond donors (Lipinski definition) is 2. The molecular formula is C19H29N3O2.